The Morgan fingerprint density at radius 1 is 1.24 bits per heavy atom. The number of fused-ring (bicyclic) bond motifs is 1. The highest BCUT2D eigenvalue weighted by atomic mass is 32.1. The SMILES string of the molecule is Cc1nc(/C=C/C(=O)N2CCc3sccc3C2c2ccccc2)cs1. The molecular weight excluding hydrogens is 348 g/mol. The molecule has 0 spiro atoms. The van der Waals surface area contributed by atoms with Crippen molar-refractivity contribution in [3.05, 3.63) is 79.9 Å². The second kappa shape index (κ2) is 6.94. The number of hydrogen-bond acceptors (Lipinski definition) is 4. The van der Waals surface area contributed by atoms with E-state index >= 15 is 0 Å². The molecule has 0 N–H and O–H groups in total. The summed E-state index contributed by atoms with van der Waals surface area (Å²) >= 11 is 3.38. The molecule has 0 fully saturated rings. The maximum Gasteiger partial charge on any atom is 0.247 e. The lowest BCUT2D eigenvalue weighted by atomic mass is 9.93. The van der Waals surface area contributed by atoms with Crippen LogP contribution in [0.3, 0.4) is 0 Å². The van der Waals surface area contributed by atoms with Gasteiger partial charge in [0.15, 0.2) is 0 Å². The predicted molar refractivity (Wildman–Crippen MR) is 104 cm³/mol. The van der Waals surface area contributed by atoms with E-state index in [0.717, 1.165) is 29.2 Å². The highest BCUT2D eigenvalue weighted by Gasteiger charge is 2.31. The quantitative estimate of drug-likeness (QED) is 0.630. The Morgan fingerprint density at radius 2 is 2.08 bits per heavy atom. The second-order valence-corrected chi connectivity index (χ2v) is 8.08. The van der Waals surface area contributed by atoms with Crippen LogP contribution >= 0.6 is 22.7 Å². The molecule has 5 heteroatoms. The van der Waals surface area contributed by atoms with Crippen molar-refractivity contribution in [2.24, 2.45) is 0 Å². The number of benzene rings is 1. The van der Waals surface area contributed by atoms with E-state index in [1.165, 1.54) is 10.4 Å². The molecule has 0 bridgehead atoms. The summed E-state index contributed by atoms with van der Waals surface area (Å²) in [5.74, 6) is 0.0383. The van der Waals surface area contributed by atoms with E-state index in [1.807, 2.05) is 41.5 Å². The number of aromatic nitrogens is 1. The lowest BCUT2D eigenvalue weighted by molar-refractivity contribution is -0.127. The first-order valence-electron chi connectivity index (χ1n) is 8.24. The Labute approximate surface area is 155 Å². The normalized spacial score (nSPS) is 17.0. The average Bonchev–Trinajstić information content (AvgIpc) is 3.28. The van der Waals surface area contributed by atoms with Gasteiger partial charge in [0.05, 0.1) is 16.7 Å². The van der Waals surface area contributed by atoms with E-state index in [-0.39, 0.29) is 11.9 Å². The molecule has 1 unspecified atom stereocenters. The van der Waals surface area contributed by atoms with Crippen LogP contribution in [0.25, 0.3) is 6.08 Å². The van der Waals surface area contributed by atoms with Crippen LogP contribution in [0.1, 0.15) is 32.7 Å². The van der Waals surface area contributed by atoms with Crippen LogP contribution in [0.2, 0.25) is 0 Å². The fourth-order valence-electron chi connectivity index (χ4n) is 3.26. The maximum atomic E-state index is 12.9. The number of carbonyl (C=O) groups is 1. The standard InChI is InChI=1S/C20H18N2OS2/c1-14-21-16(13-25-14)7-8-19(23)22-11-9-18-17(10-12-24-18)20(22)15-5-3-2-4-6-15/h2-8,10,12-13,20H,9,11H2,1H3/b8-7+. The molecule has 3 nitrogen and oxygen atoms in total. The average molecular weight is 367 g/mol. The highest BCUT2D eigenvalue weighted by molar-refractivity contribution is 7.10. The molecule has 4 rings (SSSR count). The van der Waals surface area contributed by atoms with Crippen molar-refractivity contribution < 1.29 is 4.79 Å². The molecule has 126 valence electrons. The van der Waals surface area contributed by atoms with Gasteiger partial charge < -0.3 is 4.90 Å². The Balaban J connectivity index is 1.65. The minimum atomic E-state index is -0.00878. The van der Waals surface area contributed by atoms with Crippen LogP contribution < -0.4 is 0 Å². The third kappa shape index (κ3) is 3.30. The molecule has 0 aliphatic carbocycles. The van der Waals surface area contributed by atoms with Crippen LogP contribution in [0.5, 0.6) is 0 Å². The zero-order chi connectivity index (χ0) is 17.2. The van der Waals surface area contributed by atoms with Crippen LogP contribution in [0.15, 0.2) is 53.2 Å². The van der Waals surface area contributed by atoms with Gasteiger partial charge in [-0.05, 0) is 42.0 Å². The third-order valence-corrected chi connectivity index (χ3v) is 6.19. The van der Waals surface area contributed by atoms with Crippen LogP contribution in [0.4, 0.5) is 0 Å². The lowest BCUT2D eigenvalue weighted by Crippen LogP contribution is -2.39. The Hall–Kier alpha value is -2.24. The lowest BCUT2D eigenvalue weighted by Gasteiger charge is -2.35. The van der Waals surface area contributed by atoms with Gasteiger partial charge in [0.2, 0.25) is 5.91 Å². The molecule has 3 aromatic rings. The summed E-state index contributed by atoms with van der Waals surface area (Å²) in [6.45, 7) is 2.71. The van der Waals surface area contributed by atoms with Gasteiger partial charge in [-0.2, -0.15) is 0 Å². The molecule has 0 saturated carbocycles. The number of amides is 1. The van der Waals surface area contributed by atoms with Gasteiger partial charge in [0.25, 0.3) is 0 Å². The van der Waals surface area contributed by atoms with Gasteiger partial charge in [0, 0.05) is 22.9 Å². The summed E-state index contributed by atoms with van der Waals surface area (Å²) in [6, 6.07) is 12.4. The summed E-state index contributed by atoms with van der Waals surface area (Å²) in [6.07, 6.45) is 4.39. The molecule has 1 amide bonds. The van der Waals surface area contributed by atoms with Crippen LogP contribution in [0, 0.1) is 6.92 Å². The Morgan fingerprint density at radius 3 is 2.84 bits per heavy atom. The number of rotatable bonds is 3. The van der Waals surface area contributed by atoms with Crippen molar-refractivity contribution >= 4 is 34.7 Å². The van der Waals surface area contributed by atoms with E-state index < -0.39 is 0 Å². The first kappa shape index (κ1) is 16.2. The molecule has 0 saturated heterocycles. The molecule has 0 radical (unpaired) electrons. The number of thiophene rings is 1. The van der Waals surface area contributed by atoms with E-state index in [4.69, 9.17) is 0 Å². The summed E-state index contributed by atoms with van der Waals surface area (Å²) in [7, 11) is 0. The third-order valence-electron chi connectivity index (χ3n) is 4.40. The van der Waals surface area contributed by atoms with E-state index in [2.05, 4.69) is 28.6 Å². The number of carbonyl (C=O) groups excluding carboxylic acids is 1. The molecule has 1 aromatic carbocycles. The fourth-order valence-corrected chi connectivity index (χ4v) is 4.74. The zero-order valence-electron chi connectivity index (χ0n) is 13.9. The molecular formula is C20H18N2OS2. The minimum absolute atomic E-state index is 0.00878. The highest BCUT2D eigenvalue weighted by Crippen LogP contribution is 2.37. The van der Waals surface area contributed by atoms with Gasteiger partial charge in [-0.3, -0.25) is 4.79 Å². The number of hydrogen-bond donors (Lipinski definition) is 0. The Kier molecular flexibility index (Phi) is 4.51. The fraction of sp³-hybridized carbons (Fsp3) is 0.200. The number of aryl methyl sites for hydroxylation is 1. The topological polar surface area (TPSA) is 33.2 Å². The molecule has 1 aliphatic rings. The van der Waals surface area contributed by atoms with Crippen LogP contribution in [-0.2, 0) is 11.2 Å². The summed E-state index contributed by atoms with van der Waals surface area (Å²) in [5, 5.41) is 5.11. The van der Waals surface area contributed by atoms with E-state index in [1.54, 1.807) is 28.7 Å². The van der Waals surface area contributed by atoms with Gasteiger partial charge in [0.1, 0.15) is 0 Å². The molecule has 1 atom stereocenters. The van der Waals surface area contributed by atoms with E-state index in [0.29, 0.717) is 0 Å². The maximum absolute atomic E-state index is 12.9. The minimum Gasteiger partial charge on any atom is -0.328 e. The molecule has 25 heavy (non-hydrogen) atoms. The first-order valence-corrected chi connectivity index (χ1v) is 10.0. The largest absolute Gasteiger partial charge is 0.328 e. The van der Waals surface area contributed by atoms with Gasteiger partial charge >= 0.3 is 0 Å². The van der Waals surface area contributed by atoms with Gasteiger partial charge in [-0.25, -0.2) is 4.98 Å². The van der Waals surface area contributed by atoms with Crippen molar-refractivity contribution in [2.75, 3.05) is 6.54 Å². The van der Waals surface area contributed by atoms with Gasteiger partial charge in [-0.1, -0.05) is 30.3 Å². The van der Waals surface area contributed by atoms with Gasteiger partial charge in [-0.15, -0.1) is 22.7 Å². The van der Waals surface area contributed by atoms with Crippen molar-refractivity contribution in [3.8, 4) is 0 Å². The van der Waals surface area contributed by atoms with Crippen molar-refractivity contribution in [2.45, 2.75) is 19.4 Å². The second-order valence-electron chi connectivity index (χ2n) is 6.02. The summed E-state index contributed by atoms with van der Waals surface area (Å²) in [4.78, 5) is 20.7. The summed E-state index contributed by atoms with van der Waals surface area (Å²) < 4.78 is 0. The van der Waals surface area contributed by atoms with Crippen molar-refractivity contribution in [1.29, 1.82) is 0 Å². The smallest absolute Gasteiger partial charge is 0.247 e. The van der Waals surface area contributed by atoms with E-state index in [9.17, 15) is 4.79 Å². The summed E-state index contributed by atoms with van der Waals surface area (Å²) in [5.41, 5.74) is 3.27. The molecule has 1 aliphatic heterocycles. The predicted octanol–water partition coefficient (Wildman–Crippen LogP) is 4.70. The molecule has 2 aromatic heterocycles. The van der Waals surface area contributed by atoms with Crippen LogP contribution in [-0.4, -0.2) is 22.3 Å². The van der Waals surface area contributed by atoms with Crippen molar-refractivity contribution in [3.63, 3.8) is 0 Å². The zero-order valence-corrected chi connectivity index (χ0v) is 15.5. The van der Waals surface area contributed by atoms with Crippen molar-refractivity contribution in [1.82, 2.24) is 9.88 Å². The Bertz CT molecular complexity index is 911. The first-order chi connectivity index (χ1) is 12.2. The monoisotopic (exact) mass is 366 g/mol. The number of nitrogens with zero attached hydrogens (tertiary/aromatic N) is 2. The molecule has 3 heterocycles. The number of thiazole rings is 1.